The summed E-state index contributed by atoms with van der Waals surface area (Å²) in [4.78, 5) is 2.44. The summed E-state index contributed by atoms with van der Waals surface area (Å²) in [6, 6.07) is 0.702. The summed E-state index contributed by atoms with van der Waals surface area (Å²) >= 11 is 1.92. The van der Waals surface area contributed by atoms with E-state index in [0.717, 1.165) is 6.54 Å². The van der Waals surface area contributed by atoms with E-state index in [1.54, 1.807) is 0 Å². The monoisotopic (exact) mass is 204 g/mol. The molecule has 0 saturated heterocycles. The standard InChI is InChI=1S/C10H24N2S/c1-10(9-13-3)12(2)8-6-4-5-7-11/h10H,4-9,11H2,1-3H3. The van der Waals surface area contributed by atoms with Crippen LogP contribution in [0.25, 0.3) is 0 Å². The maximum absolute atomic E-state index is 5.44. The zero-order valence-corrected chi connectivity index (χ0v) is 10.1. The number of hydrogen-bond donors (Lipinski definition) is 1. The van der Waals surface area contributed by atoms with Gasteiger partial charge in [0.25, 0.3) is 0 Å². The molecular formula is C10H24N2S. The second-order valence-corrected chi connectivity index (χ2v) is 4.54. The molecule has 0 aromatic heterocycles. The zero-order chi connectivity index (χ0) is 10.1. The molecule has 0 aliphatic heterocycles. The maximum atomic E-state index is 5.44. The van der Waals surface area contributed by atoms with Crippen molar-refractivity contribution in [1.29, 1.82) is 0 Å². The van der Waals surface area contributed by atoms with E-state index in [0.29, 0.717) is 6.04 Å². The first-order valence-electron chi connectivity index (χ1n) is 5.11. The van der Waals surface area contributed by atoms with E-state index in [2.05, 4.69) is 25.1 Å². The Morgan fingerprint density at radius 2 is 2.00 bits per heavy atom. The van der Waals surface area contributed by atoms with Crippen molar-refractivity contribution < 1.29 is 0 Å². The molecule has 0 radical (unpaired) electrons. The van der Waals surface area contributed by atoms with Gasteiger partial charge in [-0.3, -0.25) is 0 Å². The minimum Gasteiger partial charge on any atom is -0.330 e. The molecule has 0 amide bonds. The van der Waals surface area contributed by atoms with Crippen LogP contribution in [0.15, 0.2) is 0 Å². The Morgan fingerprint density at radius 1 is 1.31 bits per heavy atom. The summed E-state index contributed by atoms with van der Waals surface area (Å²) in [7, 11) is 2.21. The van der Waals surface area contributed by atoms with Gasteiger partial charge in [-0.2, -0.15) is 11.8 Å². The molecule has 0 saturated carbocycles. The summed E-state index contributed by atoms with van der Waals surface area (Å²) in [5.41, 5.74) is 5.44. The van der Waals surface area contributed by atoms with Gasteiger partial charge in [-0.05, 0) is 46.2 Å². The Hall–Kier alpha value is 0.270. The highest BCUT2D eigenvalue weighted by Crippen LogP contribution is 2.05. The van der Waals surface area contributed by atoms with Gasteiger partial charge in [0.2, 0.25) is 0 Å². The molecule has 0 aromatic carbocycles. The van der Waals surface area contributed by atoms with Crippen molar-refractivity contribution in [2.45, 2.75) is 32.2 Å². The molecule has 3 heteroatoms. The van der Waals surface area contributed by atoms with Crippen LogP contribution in [0.1, 0.15) is 26.2 Å². The van der Waals surface area contributed by atoms with E-state index < -0.39 is 0 Å². The maximum Gasteiger partial charge on any atom is 0.0154 e. The molecular weight excluding hydrogens is 180 g/mol. The zero-order valence-electron chi connectivity index (χ0n) is 9.25. The molecule has 0 aromatic rings. The summed E-state index contributed by atoms with van der Waals surface area (Å²) in [5.74, 6) is 1.23. The number of hydrogen-bond acceptors (Lipinski definition) is 3. The molecule has 0 bridgehead atoms. The van der Waals surface area contributed by atoms with Crippen LogP contribution in [-0.4, -0.2) is 43.1 Å². The van der Waals surface area contributed by atoms with E-state index in [1.807, 2.05) is 11.8 Å². The van der Waals surface area contributed by atoms with Gasteiger partial charge in [0.15, 0.2) is 0 Å². The minimum atomic E-state index is 0.702. The largest absolute Gasteiger partial charge is 0.330 e. The first-order chi connectivity index (χ1) is 6.22. The van der Waals surface area contributed by atoms with Crippen molar-refractivity contribution in [3.8, 4) is 0 Å². The third-order valence-electron chi connectivity index (χ3n) is 2.38. The quantitative estimate of drug-likeness (QED) is 0.611. The lowest BCUT2D eigenvalue weighted by Gasteiger charge is -2.23. The average Bonchev–Trinajstić information content (AvgIpc) is 2.12. The van der Waals surface area contributed by atoms with Gasteiger partial charge in [-0.1, -0.05) is 6.42 Å². The fraction of sp³-hybridized carbons (Fsp3) is 1.00. The summed E-state index contributed by atoms with van der Waals surface area (Å²) in [6.07, 6.45) is 5.89. The van der Waals surface area contributed by atoms with Crippen LogP contribution in [-0.2, 0) is 0 Å². The molecule has 13 heavy (non-hydrogen) atoms. The van der Waals surface area contributed by atoms with E-state index >= 15 is 0 Å². The van der Waals surface area contributed by atoms with E-state index in [-0.39, 0.29) is 0 Å². The summed E-state index contributed by atoms with van der Waals surface area (Å²) < 4.78 is 0. The molecule has 0 fully saturated rings. The number of nitrogens with two attached hydrogens (primary N) is 1. The molecule has 1 atom stereocenters. The topological polar surface area (TPSA) is 29.3 Å². The first-order valence-corrected chi connectivity index (χ1v) is 6.51. The SMILES string of the molecule is CSCC(C)N(C)CCCCCN. The molecule has 2 N–H and O–H groups in total. The Morgan fingerprint density at radius 3 is 2.54 bits per heavy atom. The Kier molecular flexibility index (Phi) is 9.03. The lowest BCUT2D eigenvalue weighted by molar-refractivity contribution is 0.271. The Balaban J connectivity index is 3.32. The lowest BCUT2D eigenvalue weighted by atomic mass is 10.2. The van der Waals surface area contributed by atoms with Crippen LogP contribution in [0.4, 0.5) is 0 Å². The van der Waals surface area contributed by atoms with Crippen LogP contribution in [0.2, 0.25) is 0 Å². The van der Waals surface area contributed by atoms with Gasteiger partial charge in [0, 0.05) is 11.8 Å². The van der Waals surface area contributed by atoms with Gasteiger partial charge in [-0.15, -0.1) is 0 Å². The van der Waals surface area contributed by atoms with E-state index in [9.17, 15) is 0 Å². The second kappa shape index (κ2) is 8.85. The normalized spacial score (nSPS) is 13.6. The van der Waals surface area contributed by atoms with Crippen molar-refractivity contribution >= 4 is 11.8 Å². The number of unbranched alkanes of at least 4 members (excludes halogenated alkanes) is 2. The van der Waals surface area contributed by atoms with Crippen molar-refractivity contribution in [1.82, 2.24) is 4.90 Å². The number of nitrogens with zero attached hydrogens (tertiary/aromatic N) is 1. The van der Waals surface area contributed by atoms with Crippen molar-refractivity contribution in [3.63, 3.8) is 0 Å². The highest BCUT2D eigenvalue weighted by Gasteiger charge is 2.06. The fourth-order valence-electron chi connectivity index (χ4n) is 1.27. The molecule has 0 aliphatic carbocycles. The molecule has 0 heterocycles. The minimum absolute atomic E-state index is 0.702. The van der Waals surface area contributed by atoms with Gasteiger partial charge in [-0.25, -0.2) is 0 Å². The third kappa shape index (κ3) is 7.35. The van der Waals surface area contributed by atoms with Crippen LogP contribution < -0.4 is 5.73 Å². The first kappa shape index (κ1) is 13.3. The number of thioether (sulfide) groups is 1. The second-order valence-electron chi connectivity index (χ2n) is 3.63. The highest BCUT2D eigenvalue weighted by atomic mass is 32.2. The van der Waals surface area contributed by atoms with Crippen LogP contribution in [0, 0.1) is 0 Å². The van der Waals surface area contributed by atoms with Crippen molar-refractivity contribution in [3.05, 3.63) is 0 Å². The summed E-state index contributed by atoms with van der Waals surface area (Å²) in [5, 5.41) is 0. The Bertz CT molecular complexity index is 109. The van der Waals surface area contributed by atoms with E-state index in [1.165, 1.54) is 31.6 Å². The summed E-state index contributed by atoms with van der Waals surface area (Å²) in [6.45, 7) is 4.34. The van der Waals surface area contributed by atoms with Crippen LogP contribution in [0.3, 0.4) is 0 Å². The molecule has 0 spiro atoms. The third-order valence-corrected chi connectivity index (χ3v) is 3.19. The van der Waals surface area contributed by atoms with Crippen LogP contribution >= 0.6 is 11.8 Å². The van der Waals surface area contributed by atoms with Gasteiger partial charge < -0.3 is 10.6 Å². The lowest BCUT2D eigenvalue weighted by Crippen LogP contribution is -2.31. The number of rotatable bonds is 8. The molecule has 1 unspecified atom stereocenters. The van der Waals surface area contributed by atoms with E-state index in [4.69, 9.17) is 5.73 Å². The van der Waals surface area contributed by atoms with Crippen LogP contribution in [0.5, 0.6) is 0 Å². The van der Waals surface area contributed by atoms with Gasteiger partial charge in [0.1, 0.15) is 0 Å². The predicted octanol–water partition coefficient (Wildman–Crippen LogP) is 1.80. The fourth-order valence-corrected chi connectivity index (χ4v) is 2.01. The molecule has 0 aliphatic rings. The smallest absolute Gasteiger partial charge is 0.0154 e. The highest BCUT2D eigenvalue weighted by molar-refractivity contribution is 7.98. The molecule has 2 nitrogen and oxygen atoms in total. The van der Waals surface area contributed by atoms with Gasteiger partial charge >= 0.3 is 0 Å². The predicted molar refractivity (Wildman–Crippen MR) is 63.4 cm³/mol. The van der Waals surface area contributed by atoms with Crippen molar-refractivity contribution in [2.75, 3.05) is 32.1 Å². The van der Waals surface area contributed by atoms with Crippen molar-refractivity contribution in [2.24, 2.45) is 5.73 Å². The van der Waals surface area contributed by atoms with Gasteiger partial charge in [0.05, 0.1) is 0 Å². The molecule has 80 valence electrons. The average molecular weight is 204 g/mol. The Labute approximate surface area is 87.2 Å². The molecule has 0 rings (SSSR count).